The van der Waals surface area contributed by atoms with E-state index >= 15 is 0 Å². The Morgan fingerprint density at radius 2 is 2.37 bits per heavy atom. The molecular weight excluding hydrogens is 286 g/mol. The van der Waals surface area contributed by atoms with Crippen LogP contribution in [0.3, 0.4) is 0 Å². The molecule has 0 saturated carbocycles. The molecule has 1 aromatic heterocycles. The van der Waals surface area contributed by atoms with Crippen molar-refractivity contribution in [3.05, 3.63) is 18.2 Å². The van der Waals surface area contributed by atoms with Crippen LogP contribution < -0.4 is 10.6 Å². The molecule has 0 radical (unpaired) electrons. The third-order valence-corrected chi connectivity index (χ3v) is 3.68. The summed E-state index contributed by atoms with van der Waals surface area (Å²) >= 11 is 6.94. The molecule has 1 atom stereocenters. The normalized spacial score (nSPS) is 12.4. The number of hydrogen-bond donors (Lipinski definition) is 3. The summed E-state index contributed by atoms with van der Waals surface area (Å²) in [6, 6.07) is 5.67. The van der Waals surface area contributed by atoms with Gasteiger partial charge in [-0.25, -0.2) is 4.98 Å². The number of carbonyl (C=O) groups excluding carboxylic acids is 1. The average Bonchev–Trinajstić information content (AvgIpc) is 2.76. The summed E-state index contributed by atoms with van der Waals surface area (Å²) in [5, 5.41) is 15.7. The highest BCUT2D eigenvalue weighted by atomic mass is 35.5. The topological polar surface area (TPSA) is 74.2 Å². The smallest absolute Gasteiger partial charge is 0.223 e. The summed E-state index contributed by atoms with van der Waals surface area (Å²) in [7, 11) is 0. The van der Waals surface area contributed by atoms with E-state index in [0.29, 0.717) is 11.7 Å². The lowest BCUT2D eigenvalue weighted by atomic mass is 10.3. The first-order valence-electron chi connectivity index (χ1n) is 5.74. The molecule has 0 aliphatic carbocycles. The van der Waals surface area contributed by atoms with E-state index < -0.39 is 6.10 Å². The van der Waals surface area contributed by atoms with Gasteiger partial charge in [-0.2, -0.15) is 0 Å². The molecule has 3 N–H and O–H groups in total. The maximum absolute atomic E-state index is 11.0. The monoisotopic (exact) mass is 299 g/mol. The van der Waals surface area contributed by atoms with E-state index in [4.69, 9.17) is 11.6 Å². The number of aliphatic hydroxyl groups is 1. The molecule has 1 heterocycles. The van der Waals surface area contributed by atoms with Crippen molar-refractivity contribution >= 4 is 49.9 Å². The molecule has 102 valence electrons. The van der Waals surface area contributed by atoms with Crippen LogP contribution in [0.1, 0.15) is 6.92 Å². The Labute approximate surface area is 119 Å². The summed E-state index contributed by atoms with van der Waals surface area (Å²) in [4.78, 5) is 15.3. The van der Waals surface area contributed by atoms with Gasteiger partial charge in [-0.15, -0.1) is 11.6 Å². The quantitative estimate of drug-likeness (QED) is 0.741. The number of nitrogens with zero attached hydrogens (tertiary/aromatic N) is 1. The number of aromatic nitrogens is 1. The lowest BCUT2D eigenvalue weighted by Gasteiger charge is -2.09. The fourth-order valence-corrected chi connectivity index (χ4v) is 2.59. The molecule has 0 spiro atoms. The lowest BCUT2D eigenvalue weighted by molar-refractivity contribution is -0.114. The zero-order valence-electron chi connectivity index (χ0n) is 10.3. The van der Waals surface area contributed by atoms with E-state index in [1.807, 2.05) is 18.2 Å². The van der Waals surface area contributed by atoms with Crippen molar-refractivity contribution in [3.8, 4) is 0 Å². The minimum absolute atomic E-state index is 0.136. The summed E-state index contributed by atoms with van der Waals surface area (Å²) < 4.78 is 0.967. The van der Waals surface area contributed by atoms with Crippen LogP contribution in [0.25, 0.3) is 10.2 Å². The SMILES string of the molecule is CC(=O)Nc1nc2ccc(NCC(O)CCl)cc2s1. The maximum Gasteiger partial charge on any atom is 0.223 e. The second kappa shape index (κ2) is 6.18. The van der Waals surface area contributed by atoms with E-state index in [1.54, 1.807) is 0 Å². The van der Waals surface area contributed by atoms with Crippen molar-refractivity contribution in [2.75, 3.05) is 23.1 Å². The van der Waals surface area contributed by atoms with Gasteiger partial charge < -0.3 is 15.7 Å². The van der Waals surface area contributed by atoms with Gasteiger partial charge in [0, 0.05) is 19.2 Å². The second-order valence-corrected chi connectivity index (χ2v) is 5.41. The van der Waals surface area contributed by atoms with E-state index in [0.717, 1.165) is 15.9 Å². The van der Waals surface area contributed by atoms with Crippen LogP contribution in [0.4, 0.5) is 10.8 Å². The van der Waals surface area contributed by atoms with Crippen molar-refractivity contribution in [1.82, 2.24) is 4.98 Å². The van der Waals surface area contributed by atoms with Gasteiger partial charge in [-0.05, 0) is 18.2 Å². The number of benzene rings is 1. The van der Waals surface area contributed by atoms with Crippen LogP contribution in [-0.4, -0.2) is 34.5 Å². The molecule has 2 rings (SSSR count). The predicted molar refractivity (Wildman–Crippen MR) is 79.1 cm³/mol. The van der Waals surface area contributed by atoms with Crippen molar-refractivity contribution in [2.24, 2.45) is 0 Å². The van der Waals surface area contributed by atoms with Crippen LogP contribution in [0, 0.1) is 0 Å². The summed E-state index contributed by atoms with van der Waals surface area (Å²) in [6.45, 7) is 1.85. The van der Waals surface area contributed by atoms with Gasteiger partial charge >= 0.3 is 0 Å². The standard InChI is InChI=1S/C12H14ClN3O2S/c1-7(17)15-12-16-10-3-2-8(4-11(10)19-12)14-6-9(18)5-13/h2-4,9,14,18H,5-6H2,1H3,(H,15,16,17). The minimum Gasteiger partial charge on any atom is -0.390 e. The van der Waals surface area contributed by atoms with Crippen LogP contribution in [0.5, 0.6) is 0 Å². The molecular formula is C12H14ClN3O2S. The number of rotatable bonds is 5. The molecule has 19 heavy (non-hydrogen) atoms. The molecule has 1 amide bonds. The first-order valence-corrected chi connectivity index (χ1v) is 7.09. The molecule has 0 bridgehead atoms. The number of amides is 1. The number of nitrogens with one attached hydrogen (secondary N) is 2. The van der Waals surface area contributed by atoms with Crippen molar-refractivity contribution in [1.29, 1.82) is 0 Å². The number of alkyl halides is 1. The van der Waals surface area contributed by atoms with Crippen molar-refractivity contribution in [3.63, 3.8) is 0 Å². The Bertz CT molecular complexity index is 587. The molecule has 7 heteroatoms. The van der Waals surface area contributed by atoms with Gasteiger partial charge in [0.2, 0.25) is 5.91 Å². The number of aliphatic hydroxyl groups excluding tert-OH is 1. The molecule has 0 aliphatic heterocycles. The third kappa shape index (κ3) is 3.79. The number of carbonyl (C=O) groups is 1. The van der Waals surface area contributed by atoms with Crippen molar-refractivity contribution in [2.45, 2.75) is 13.0 Å². The minimum atomic E-state index is -0.575. The van der Waals surface area contributed by atoms with Gasteiger partial charge in [0.15, 0.2) is 5.13 Å². The van der Waals surface area contributed by atoms with Crippen LogP contribution in [0.2, 0.25) is 0 Å². The number of anilines is 2. The van der Waals surface area contributed by atoms with Crippen LogP contribution in [-0.2, 0) is 4.79 Å². The van der Waals surface area contributed by atoms with Gasteiger partial charge in [0.25, 0.3) is 0 Å². The molecule has 5 nitrogen and oxygen atoms in total. The first kappa shape index (κ1) is 14.0. The molecule has 1 unspecified atom stereocenters. The Hall–Kier alpha value is -1.37. The highest BCUT2D eigenvalue weighted by molar-refractivity contribution is 7.22. The van der Waals surface area contributed by atoms with Crippen LogP contribution >= 0.6 is 22.9 Å². The van der Waals surface area contributed by atoms with E-state index in [-0.39, 0.29) is 11.8 Å². The highest BCUT2D eigenvalue weighted by Gasteiger charge is 2.07. The Morgan fingerprint density at radius 1 is 1.58 bits per heavy atom. The summed E-state index contributed by atoms with van der Waals surface area (Å²) in [5.41, 5.74) is 1.71. The third-order valence-electron chi connectivity index (χ3n) is 2.39. The van der Waals surface area contributed by atoms with Gasteiger partial charge in [0.05, 0.1) is 22.2 Å². The molecule has 2 aromatic rings. The van der Waals surface area contributed by atoms with Gasteiger partial charge in [-0.1, -0.05) is 11.3 Å². The Balaban J connectivity index is 2.13. The van der Waals surface area contributed by atoms with Crippen molar-refractivity contribution < 1.29 is 9.90 Å². The van der Waals surface area contributed by atoms with Gasteiger partial charge in [-0.3, -0.25) is 4.79 Å². The van der Waals surface area contributed by atoms with E-state index in [1.165, 1.54) is 18.3 Å². The predicted octanol–water partition coefficient (Wildman–Crippen LogP) is 2.27. The second-order valence-electron chi connectivity index (χ2n) is 4.07. The maximum atomic E-state index is 11.0. The molecule has 0 saturated heterocycles. The van der Waals surface area contributed by atoms with Crippen LogP contribution in [0.15, 0.2) is 18.2 Å². The lowest BCUT2D eigenvalue weighted by Crippen LogP contribution is -2.20. The molecule has 0 fully saturated rings. The first-order chi connectivity index (χ1) is 9.08. The number of halogens is 1. The fraction of sp³-hybridized carbons (Fsp3) is 0.333. The molecule has 0 aliphatic rings. The number of hydrogen-bond acceptors (Lipinski definition) is 5. The number of fused-ring (bicyclic) bond motifs is 1. The number of thiazole rings is 1. The fourth-order valence-electron chi connectivity index (χ4n) is 1.53. The average molecular weight is 300 g/mol. The zero-order valence-corrected chi connectivity index (χ0v) is 11.9. The zero-order chi connectivity index (χ0) is 13.8. The van der Waals surface area contributed by atoms with E-state index in [9.17, 15) is 9.90 Å². The largest absolute Gasteiger partial charge is 0.390 e. The summed E-state index contributed by atoms with van der Waals surface area (Å²) in [6.07, 6.45) is -0.575. The van der Waals surface area contributed by atoms with E-state index in [2.05, 4.69) is 15.6 Å². The Morgan fingerprint density at radius 3 is 3.05 bits per heavy atom. The van der Waals surface area contributed by atoms with Gasteiger partial charge in [0.1, 0.15) is 0 Å². The highest BCUT2D eigenvalue weighted by Crippen LogP contribution is 2.28. The molecule has 1 aromatic carbocycles. The Kier molecular flexibility index (Phi) is 4.57. The summed E-state index contributed by atoms with van der Waals surface area (Å²) in [5.74, 6) is 0.0605.